The quantitative estimate of drug-likeness (QED) is 0.786. The number of hydrogen-bond acceptors (Lipinski definition) is 1. The summed E-state index contributed by atoms with van der Waals surface area (Å²) in [5, 5.41) is 3.46. The first kappa shape index (κ1) is 12.6. The number of halogens is 1. The number of rotatable bonds is 6. The fraction of sp³-hybridized carbons (Fsp3) is 0.600. The molecule has 0 amide bonds. The summed E-state index contributed by atoms with van der Waals surface area (Å²) in [6.07, 6.45) is 5.18. The molecule has 1 N–H and O–H groups in total. The highest BCUT2D eigenvalue weighted by atomic mass is 19.1. The predicted molar refractivity (Wildman–Crippen MR) is 69.5 cm³/mol. The Kier molecular flexibility index (Phi) is 4.16. The molecule has 0 saturated heterocycles. The van der Waals surface area contributed by atoms with Crippen LogP contribution < -0.4 is 5.32 Å². The van der Waals surface area contributed by atoms with Crippen LogP contribution in [0.15, 0.2) is 18.2 Å². The molecule has 1 aliphatic rings. The first-order chi connectivity index (χ1) is 8.20. The highest BCUT2D eigenvalue weighted by molar-refractivity contribution is 5.25. The average Bonchev–Trinajstić information content (AvgIpc) is 3.12. The Balaban J connectivity index is 2.03. The van der Waals surface area contributed by atoms with E-state index in [0.717, 1.165) is 30.0 Å². The van der Waals surface area contributed by atoms with Gasteiger partial charge >= 0.3 is 0 Å². The van der Waals surface area contributed by atoms with Crippen molar-refractivity contribution >= 4 is 0 Å². The molecule has 0 aliphatic heterocycles. The molecule has 2 rings (SSSR count). The maximum Gasteiger partial charge on any atom is 0.126 e. The van der Waals surface area contributed by atoms with Gasteiger partial charge in [0.2, 0.25) is 0 Å². The Morgan fingerprint density at radius 3 is 2.76 bits per heavy atom. The van der Waals surface area contributed by atoms with E-state index in [1.807, 2.05) is 13.0 Å². The molecule has 1 nitrogen and oxygen atoms in total. The fourth-order valence-electron chi connectivity index (χ4n) is 2.27. The van der Waals surface area contributed by atoms with E-state index in [1.165, 1.54) is 19.3 Å². The lowest BCUT2D eigenvalue weighted by Gasteiger charge is -2.18. The van der Waals surface area contributed by atoms with Crippen molar-refractivity contribution < 1.29 is 4.39 Å². The Morgan fingerprint density at radius 1 is 1.41 bits per heavy atom. The minimum Gasteiger partial charge on any atom is -0.310 e. The number of hydrogen-bond donors (Lipinski definition) is 1. The van der Waals surface area contributed by atoms with Crippen LogP contribution in [0.5, 0.6) is 0 Å². The summed E-state index contributed by atoms with van der Waals surface area (Å²) in [5.74, 6) is 0.850. The third kappa shape index (κ3) is 3.53. The topological polar surface area (TPSA) is 12.0 Å². The minimum atomic E-state index is -0.0863. The molecule has 0 aromatic heterocycles. The smallest absolute Gasteiger partial charge is 0.126 e. The molecule has 2 heteroatoms. The maximum atomic E-state index is 13.6. The molecule has 17 heavy (non-hydrogen) atoms. The molecule has 1 aromatic rings. The largest absolute Gasteiger partial charge is 0.310 e. The summed E-state index contributed by atoms with van der Waals surface area (Å²) >= 11 is 0. The van der Waals surface area contributed by atoms with Gasteiger partial charge < -0.3 is 5.32 Å². The lowest BCUT2D eigenvalue weighted by atomic mass is 9.99. The van der Waals surface area contributed by atoms with Crippen LogP contribution >= 0.6 is 0 Å². The van der Waals surface area contributed by atoms with Crippen LogP contribution in [0.2, 0.25) is 0 Å². The predicted octanol–water partition coefficient (Wildman–Crippen LogP) is 3.97. The lowest BCUT2D eigenvalue weighted by Crippen LogP contribution is -2.21. The second-order valence-corrected chi connectivity index (χ2v) is 5.14. The zero-order valence-electron chi connectivity index (χ0n) is 10.8. The SMILES string of the molecule is CCNC(CCC1CC1)c1ccc(C)c(F)c1. The van der Waals surface area contributed by atoms with Gasteiger partial charge in [0, 0.05) is 6.04 Å². The van der Waals surface area contributed by atoms with Crippen molar-refractivity contribution in [2.45, 2.75) is 45.6 Å². The van der Waals surface area contributed by atoms with E-state index in [4.69, 9.17) is 0 Å². The third-order valence-electron chi connectivity index (χ3n) is 3.61. The van der Waals surface area contributed by atoms with Crippen molar-refractivity contribution in [2.75, 3.05) is 6.54 Å². The first-order valence-corrected chi connectivity index (χ1v) is 6.70. The van der Waals surface area contributed by atoms with Gasteiger partial charge in [-0.1, -0.05) is 31.9 Å². The van der Waals surface area contributed by atoms with Gasteiger partial charge in [-0.25, -0.2) is 4.39 Å². The van der Waals surface area contributed by atoms with Crippen LogP contribution in [-0.2, 0) is 0 Å². The second kappa shape index (κ2) is 5.63. The molecular formula is C15H22FN. The van der Waals surface area contributed by atoms with Crippen molar-refractivity contribution in [1.82, 2.24) is 5.32 Å². The van der Waals surface area contributed by atoms with Crippen LogP contribution in [0.25, 0.3) is 0 Å². The number of aryl methyl sites for hydroxylation is 1. The summed E-state index contributed by atoms with van der Waals surface area (Å²) in [7, 11) is 0. The minimum absolute atomic E-state index is 0.0863. The van der Waals surface area contributed by atoms with Crippen LogP contribution in [0.4, 0.5) is 4.39 Å². The Hall–Kier alpha value is -0.890. The molecule has 0 spiro atoms. The maximum absolute atomic E-state index is 13.6. The van der Waals surface area contributed by atoms with E-state index in [1.54, 1.807) is 6.07 Å². The molecule has 0 radical (unpaired) electrons. The molecule has 1 aliphatic carbocycles. The molecule has 0 bridgehead atoms. The van der Waals surface area contributed by atoms with E-state index in [-0.39, 0.29) is 5.82 Å². The summed E-state index contributed by atoms with van der Waals surface area (Å²) < 4.78 is 13.6. The van der Waals surface area contributed by atoms with Gasteiger partial charge in [0.25, 0.3) is 0 Å². The van der Waals surface area contributed by atoms with Crippen LogP contribution in [0.3, 0.4) is 0 Å². The molecule has 1 saturated carbocycles. The van der Waals surface area contributed by atoms with E-state index < -0.39 is 0 Å². The van der Waals surface area contributed by atoms with E-state index in [2.05, 4.69) is 18.3 Å². The molecule has 1 aromatic carbocycles. The summed E-state index contributed by atoms with van der Waals surface area (Å²) in [4.78, 5) is 0. The van der Waals surface area contributed by atoms with Crippen LogP contribution in [0.1, 0.15) is 49.8 Å². The highest BCUT2D eigenvalue weighted by Crippen LogP contribution is 2.36. The van der Waals surface area contributed by atoms with E-state index in [0.29, 0.717) is 6.04 Å². The Labute approximate surface area is 103 Å². The normalized spacial score (nSPS) is 17.1. The zero-order chi connectivity index (χ0) is 12.3. The van der Waals surface area contributed by atoms with Gasteiger partial charge in [0.1, 0.15) is 5.82 Å². The molecule has 0 heterocycles. The molecule has 1 unspecified atom stereocenters. The van der Waals surface area contributed by atoms with Crippen LogP contribution in [0, 0.1) is 18.7 Å². The Bertz CT molecular complexity index is 371. The molecular weight excluding hydrogens is 213 g/mol. The van der Waals surface area contributed by atoms with Gasteiger partial charge in [-0.3, -0.25) is 0 Å². The average molecular weight is 235 g/mol. The lowest BCUT2D eigenvalue weighted by molar-refractivity contribution is 0.478. The van der Waals surface area contributed by atoms with E-state index in [9.17, 15) is 4.39 Å². The zero-order valence-corrected chi connectivity index (χ0v) is 10.8. The fourth-order valence-corrected chi connectivity index (χ4v) is 2.27. The van der Waals surface area contributed by atoms with Crippen molar-refractivity contribution in [2.24, 2.45) is 5.92 Å². The van der Waals surface area contributed by atoms with Crippen molar-refractivity contribution in [3.8, 4) is 0 Å². The summed E-state index contributed by atoms with van der Waals surface area (Å²) in [6, 6.07) is 5.94. The van der Waals surface area contributed by atoms with Gasteiger partial charge in [0.15, 0.2) is 0 Å². The monoisotopic (exact) mass is 235 g/mol. The van der Waals surface area contributed by atoms with Gasteiger partial charge in [-0.15, -0.1) is 0 Å². The third-order valence-corrected chi connectivity index (χ3v) is 3.61. The molecule has 94 valence electrons. The Morgan fingerprint density at radius 2 is 2.18 bits per heavy atom. The standard InChI is InChI=1S/C15H22FN/c1-3-17-15(9-7-12-5-6-12)13-8-4-11(2)14(16)10-13/h4,8,10,12,15,17H,3,5-7,9H2,1-2H3. The highest BCUT2D eigenvalue weighted by Gasteiger charge is 2.23. The summed E-state index contributed by atoms with van der Waals surface area (Å²) in [5.41, 5.74) is 1.82. The molecule has 1 fully saturated rings. The van der Waals surface area contributed by atoms with Crippen LogP contribution in [-0.4, -0.2) is 6.54 Å². The number of benzene rings is 1. The number of nitrogens with one attached hydrogen (secondary N) is 1. The second-order valence-electron chi connectivity index (χ2n) is 5.14. The first-order valence-electron chi connectivity index (χ1n) is 6.70. The van der Waals surface area contributed by atoms with Crippen molar-refractivity contribution in [3.05, 3.63) is 35.1 Å². The van der Waals surface area contributed by atoms with Gasteiger partial charge in [0.05, 0.1) is 0 Å². The van der Waals surface area contributed by atoms with E-state index >= 15 is 0 Å². The summed E-state index contributed by atoms with van der Waals surface area (Å²) in [6.45, 7) is 4.85. The molecule has 1 atom stereocenters. The van der Waals surface area contributed by atoms with Gasteiger partial charge in [-0.2, -0.15) is 0 Å². The van der Waals surface area contributed by atoms with Crippen molar-refractivity contribution in [1.29, 1.82) is 0 Å². The van der Waals surface area contributed by atoms with Crippen molar-refractivity contribution in [3.63, 3.8) is 0 Å². The van der Waals surface area contributed by atoms with Gasteiger partial charge in [-0.05, 0) is 49.4 Å².